The van der Waals surface area contributed by atoms with Gasteiger partial charge in [0, 0.05) is 17.3 Å². The van der Waals surface area contributed by atoms with Gasteiger partial charge in [0.15, 0.2) is 0 Å². The third kappa shape index (κ3) is 5.61. The molecule has 0 saturated heterocycles. The van der Waals surface area contributed by atoms with E-state index < -0.39 is 0 Å². The predicted octanol–water partition coefficient (Wildman–Crippen LogP) is 2.51. The number of rotatable bonds is 6. The van der Waals surface area contributed by atoms with Crippen LogP contribution in [0.3, 0.4) is 0 Å². The quantitative estimate of drug-likeness (QED) is 0.806. The maximum absolute atomic E-state index is 11.9. The zero-order valence-electron chi connectivity index (χ0n) is 12.2. The molecule has 0 unspecified atom stereocenters. The number of hydrogen-bond acceptors (Lipinski definition) is 3. The van der Waals surface area contributed by atoms with Crippen LogP contribution in [0.2, 0.25) is 0 Å². The molecule has 1 rings (SSSR count). The second-order valence-corrected chi connectivity index (χ2v) is 7.09. The highest BCUT2D eigenvalue weighted by Gasteiger charge is 2.23. The van der Waals surface area contributed by atoms with E-state index in [4.69, 9.17) is 0 Å². The first-order chi connectivity index (χ1) is 8.52. The summed E-state index contributed by atoms with van der Waals surface area (Å²) in [5.74, 6) is 1.36. The number of carbonyl (C=O) groups is 1. The smallest absolute Gasteiger partial charge is 0.234 e. The topological polar surface area (TPSA) is 32.3 Å². The Kier molecular flexibility index (Phi) is 7.08. The molecule has 1 saturated carbocycles. The summed E-state index contributed by atoms with van der Waals surface area (Å²) < 4.78 is 0. The van der Waals surface area contributed by atoms with E-state index in [0.717, 1.165) is 18.1 Å². The molecule has 0 aliphatic heterocycles. The summed E-state index contributed by atoms with van der Waals surface area (Å²) in [6.45, 7) is 6.95. The van der Waals surface area contributed by atoms with Gasteiger partial charge in [0.25, 0.3) is 0 Å². The van der Waals surface area contributed by atoms with Gasteiger partial charge in [-0.05, 0) is 45.9 Å². The van der Waals surface area contributed by atoms with Crippen LogP contribution in [0, 0.1) is 0 Å². The fourth-order valence-electron chi connectivity index (χ4n) is 2.35. The SMILES string of the molecule is CCS[C@@H]1CCC[C@H](NC(=O)CN(C)C(C)C)C1. The lowest BCUT2D eigenvalue weighted by molar-refractivity contribution is -0.123. The summed E-state index contributed by atoms with van der Waals surface area (Å²) >= 11 is 2.04. The van der Waals surface area contributed by atoms with Crippen molar-refractivity contribution >= 4 is 17.7 Å². The van der Waals surface area contributed by atoms with Crippen LogP contribution in [0.15, 0.2) is 0 Å². The number of likely N-dealkylation sites (N-methyl/N-ethyl adjacent to an activating group) is 1. The summed E-state index contributed by atoms with van der Waals surface area (Å²) in [5, 5.41) is 3.95. The zero-order valence-corrected chi connectivity index (χ0v) is 13.1. The van der Waals surface area contributed by atoms with Crippen LogP contribution in [0.25, 0.3) is 0 Å². The van der Waals surface area contributed by atoms with Crippen LogP contribution in [-0.2, 0) is 4.79 Å². The number of nitrogens with zero attached hydrogens (tertiary/aromatic N) is 1. The highest BCUT2D eigenvalue weighted by molar-refractivity contribution is 7.99. The lowest BCUT2D eigenvalue weighted by Gasteiger charge is -2.30. The Bertz CT molecular complexity index is 256. The highest BCUT2D eigenvalue weighted by atomic mass is 32.2. The third-order valence-corrected chi connectivity index (χ3v) is 4.90. The number of thioether (sulfide) groups is 1. The third-order valence-electron chi connectivity index (χ3n) is 3.67. The van der Waals surface area contributed by atoms with Gasteiger partial charge in [0.2, 0.25) is 5.91 Å². The van der Waals surface area contributed by atoms with Gasteiger partial charge in [-0.3, -0.25) is 9.69 Å². The number of hydrogen-bond donors (Lipinski definition) is 1. The molecule has 4 heteroatoms. The van der Waals surface area contributed by atoms with Crippen LogP contribution in [0.5, 0.6) is 0 Å². The number of amides is 1. The van der Waals surface area contributed by atoms with Crippen molar-refractivity contribution in [1.29, 1.82) is 0 Å². The summed E-state index contributed by atoms with van der Waals surface area (Å²) in [7, 11) is 2.00. The fraction of sp³-hybridized carbons (Fsp3) is 0.929. The van der Waals surface area contributed by atoms with E-state index in [0.29, 0.717) is 18.6 Å². The Morgan fingerprint density at radius 2 is 2.17 bits per heavy atom. The van der Waals surface area contributed by atoms with E-state index in [1.54, 1.807) is 0 Å². The molecule has 1 fully saturated rings. The molecule has 0 aromatic heterocycles. The molecule has 106 valence electrons. The van der Waals surface area contributed by atoms with E-state index in [1.807, 2.05) is 18.8 Å². The maximum Gasteiger partial charge on any atom is 0.234 e. The molecule has 1 aliphatic carbocycles. The molecule has 0 radical (unpaired) electrons. The Labute approximate surface area is 116 Å². The molecule has 0 spiro atoms. The minimum absolute atomic E-state index is 0.179. The molecule has 3 nitrogen and oxygen atoms in total. The van der Waals surface area contributed by atoms with E-state index in [2.05, 4.69) is 31.0 Å². The number of nitrogens with one attached hydrogen (secondary N) is 1. The molecule has 1 amide bonds. The Balaban J connectivity index is 2.30. The average Bonchev–Trinajstić information content (AvgIpc) is 2.29. The maximum atomic E-state index is 11.9. The molecular formula is C14H28N2OS. The molecule has 0 aromatic rings. The van der Waals surface area contributed by atoms with E-state index in [1.165, 1.54) is 18.6 Å². The van der Waals surface area contributed by atoms with Gasteiger partial charge in [-0.1, -0.05) is 13.3 Å². The summed E-state index contributed by atoms with van der Waals surface area (Å²) in [6.07, 6.45) is 4.87. The summed E-state index contributed by atoms with van der Waals surface area (Å²) in [6, 6.07) is 0.821. The standard InChI is InChI=1S/C14H28N2OS/c1-5-18-13-8-6-7-12(9-13)15-14(17)10-16(4)11(2)3/h11-13H,5-10H2,1-4H3,(H,15,17)/t12-,13+/m0/s1. The number of carbonyl (C=O) groups excluding carboxylic acids is 1. The minimum atomic E-state index is 0.179. The van der Waals surface area contributed by atoms with E-state index in [-0.39, 0.29) is 5.91 Å². The minimum Gasteiger partial charge on any atom is -0.352 e. The molecule has 2 atom stereocenters. The van der Waals surface area contributed by atoms with Crippen molar-refractivity contribution in [2.75, 3.05) is 19.3 Å². The largest absolute Gasteiger partial charge is 0.352 e. The van der Waals surface area contributed by atoms with Crippen LogP contribution in [-0.4, -0.2) is 47.5 Å². The first-order valence-corrected chi connectivity index (χ1v) is 8.19. The van der Waals surface area contributed by atoms with Gasteiger partial charge in [-0.25, -0.2) is 0 Å². The van der Waals surface area contributed by atoms with Crippen molar-refractivity contribution in [3.05, 3.63) is 0 Å². The van der Waals surface area contributed by atoms with Crippen LogP contribution < -0.4 is 5.32 Å². The molecule has 1 aliphatic rings. The first-order valence-electron chi connectivity index (χ1n) is 7.14. The monoisotopic (exact) mass is 272 g/mol. The van der Waals surface area contributed by atoms with Crippen molar-refractivity contribution in [2.24, 2.45) is 0 Å². The highest BCUT2D eigenvalue weighted by Crippen LogP contribution is 2.28. The van der Waals surface area contributed by atoms with Crippen LogP contribution in [0.1, 0.15) is 46.5 Å². The molecule has 0 heterocycles. The summed E-state index contributed by atoms with van der Waals surface area (Å²) in [5.41, 5.74) is 0. The lowest BCUT2D eigenvalue weighted by atomic mass is 9.95. The van der Waals surface area contributed by atoms with Crippen molar-refractivity contribution in [1.82, 2.24) is 10.2 Å². The average molecular weight is 272 g/mol. The van der Waals surface area contributed by atoms with Gasteiger partial charge < -0.3 is 5.32 Å². The van der Waals surface area contributed by atoms with E-state index in [9.17, 15) is 4.79 Å². The fourth-order valence-corrected chi connectivity index (χ4v) is 3.52. The van der Waals surface area contributed by atoms with Crippen molar-refractivity contribution in [2.45, 2.75) is 63.8 Å². The molecule has 0 aromatic carbocycles. The lowest BCUT2D eigenvalue weighted by Crippen LogP contribution is -2.44. The van der Waals surface area contributed by atoms with Crippen molar-refractivity contribution < 1.29 is 4.79 Å². The van der Waals surface area contributed by atoms with Gasteiger partial charge in [-0.15, -0.1) is 0 Å². The molecule has 18 heavy (non-hydrogen) atoms. The van der Waals surface area contributed by atoms with Crippen molar-refractivity contribution in [3.8, 4) is 0 Å². The first kappa shape index (κ1) is 15.8. The zero-order chi connectivity index (χ0) is 13.5. The normalized spacial score (nSPS) is 24.6. The van der Waals surface area contributed by atoms with Crippen LogP contribution >= 0.6 is 11.8 Å². The Hall–Kier alpha value is -0.220. The second kappa shape index (κ2) is 8.05. The molecule has 1 N–H and O–H groups in total. The molecule has 0 bridgehead atoms. The van der Waals surface area contributed by atoms with Gasteiger partial charge in [0.05, 0.1) is 6.54 Å². The van der Waals surface area contributed by atoms with Gasteiger partial charge in [-0.2, -0.15) is 11.8 Å². The van der Waals surface area contributed by atoms with E-state index >= 15 is 0 Å². The van der Waals surface area contributed by atoms with Gasteiger partial charge in [0.1, 0.15) is 0 Å². The Morgan fingerprint density at radius 1 is 1.44 bits per heavy atom. The second-order valence-electron chi connectivity index (χ2n) is 5.52. The van der Waals surface area contributed by atoms with Crippen LogP contribution in [0.4, 0.5) is 0 Å². The van der Waals surface area contributed by atoms with Gasteiger partial charge >= 0.3 is 0 Å². The Morgan fingerprint density at radius 3 is 2.78 bits per heavy atom. The van der Waals surface area contributed by atoms with Crippen molar-refractivity contribution in [3.63, 3.8) is 0 Å². The molecular weight excluding hydrogens is 244 g/mol. The predicted molar refractivity (Wildman–Crippen MR) is 80.1 cm³/mol. The summed E-state index contributed by atoms with van der Waals surface area (Å²) in [4.78, 5) is 14.0.